The second-order valence-electron chi connectivity index (χ2n) is 15.3. The van der Waals surface area contributed by atoms with Gasteiger partial charge in [-0.15, -0.1) is 0 Å². The first-order valence-corrected chi connectivity index (χ1v) is 25.3. The monoisotopic (exact) mass is 658 g/mol. The molecule has 0 fully saturated rings. The lowest BCUT2D eigenvalue weighted by Gasteiger charge is -2.24. The molecule has 0 amide bonds. The zero-order valence-corrected chi connectivity index (χ0v) is 32.0. The second-order valence-corrected chi connectivity index (χ2v) is 26.2. The number of rotatable bonds is 22. The van der Waals surface area contributed by atoms with Crippen LogP contribution in [0.15, 0.2) is 72.8 Å². The van der Waals surface area contributed by atoms with Gasteiger partial charge in [0.05, 0.1) is 12.2 Å². The highest BCUT2D eigenvalue weighted by Gasteiger charge is 2.21. The molecular formula is C41H62O3Si2. The van der Waals surface area contributed by atoms with E-state index in [4.69, 9.17) is 9.47 Å². The fourth-order valence-corrected chi connectivity index (χ4v) is 10.1. The van der Waals surface area contributed by atoms with Gasteiger partial charge in [-0.2, -0.15) is 0 Å². The van der Waals surface area contributed by atoms with E-state index in [1.54, 1.807) is 12.1 Å². The summed E-state index contributed by atoms with van der Waals surface area (Å²) in [6.45, 7) is 15.7. The molecule has 46 heavy (non-hydrogen) atoms. The van der Waals surface area contributed by atoms with Crippen LogP contribution in [0.5, 0.6) is 11.5 Å². The van der Waals surface area contributed by atoms with Crippen molar-refractivity contribution in [2.75, 3.05) is 6.61 Å². The van der Waals surface area contributed by atoms with E-state index in [2.05, 4.69) is 63.9 Å². The van der Waals surface area contributed by atoms with E-state index in [0.717, 1.165) is 31.6 Å². The summed E-state index contributed by atoms with van der Waals surface area (Å²) in [4.78, 5) is 12.7. The molecule has 3 nitrogen and oxygen atoms in total. The van der Waals surface area contributed by atoms with Crippen LogP contribution in [0.3, 0.4) is 0 Å². The number of carbonyl (C=O) groups is 1. The third-order valence-electron chi connectivity index (χ3n) is 9.07. The first-order chi connectivity index (χ1) is 22.0. The molecule has 0 N–H and O–H groups in total. The summed E-state index contributed by atoms with van der Waals surface area (Å²) in [6, 6.07) is 28.8. The zero-order chi connectivity index (χ0) is 33.3. The van der Waals surface area contributed by atoms with Crippen LogP contribution in [-0.4, -0.2) is 28.7 Å². The summed E-state index contributed by atoms with van der Waals surface area (Å²) in [5.74, 6) is 1.01. The largest absolute Gasteiger partial charge is 0.494 e. The predicted octanol–water partition coefficient (Wildman–Crippen LogP) is 12.2. The molecular weight excluding hydrogens is 597 g/mol. The second kappa shape index (κ2) is 19.9. The smallest absolute Gasteiger partial charge is 0.343 e. The summed E-state index contributed by atoms with van der Waals surface area (Å²) in [5, 5.41) is 0. The van der Waals surface area contributed by atoms with Crippen molar-refractivity contribution in [2.24, 2.45) is 0 Å². The summed E-state index contributed by atoms with van der Waals surface area (Å²) < 4.78 is 11.4. The first kappa shape index (κ1) is 37.8. The Morgan fingerprint density at radius 3 is 1.67 bits per heavy atom. The Labute approximate surface area is 283 Å². The van der Waals surface area contributed by atoms with E-state index >= 15 is 0 Å². The molecule has 252 valence electrons. The number of hydrogen-bond acceptors (Lipinski definition) is 3. The average Bonchev–Trinajstić information content (AvgIpc) is 3.02. The third kappa shape index (κ3) is 15.8. The lowest BCUT2D eigenvalue weighted by atomic mass is 10.0. The Morgan fingerprint density at radius 2 is 1.07 bits per heavy atom. The van der Waals surface area contributed by atoms with Gasteiger partial charge in [0.1, 0.15) is 11.5 Å². The van der Waals surface area contributed by atoms with Crippen LogP contribution in [0.2, 0.25) is 50.9 Å². The normalized spacial score (nSPS) is 11.9. The molecule has 3 aromatic carbocycles. The highest BCUT2D eigenvalue weighted by Crippen LogP contribution is 2.25. The van der Waals surface area contributed by atoms with Gasteiger partial charge in [-0.1, -0.05) is 139 Å². The Morgan fingerprint density at radius 1 is 0.543 bits per heavy atom. The van der Waals surface area contributed by atoms with E-state index < -0.39 is 16.1 Å². The van der Waals surface area contributed by atoms with Crippen molar-refractivity contribution >= 4 is 22.1 Å². The fourth-order valence-electron chi connectivity index (χ4n) is 5.97. The molecule has 0 saturated carbocycles. The van der Waals surface area contributed by atoms with Crippen molar-refractivity contribution < 1.29 is 14.3 Å². The number of benzene rings is 3. The lowest BCUT2D eigenvalue weighted by molar-refractivity contribution is 0.0734. The summed E-state index contributed by atoms with van der Waals surface area (Å²) in [7, 11) is -1.93. The molecule has 0 aliphatic heterocycles. The van der Waals surface area contributed by atoms with Crippen LogP contribution >= 0.6 is 0 Å². The molecule has 5 heteroatoms. The SMILES string of the molecule is CCCCCCCCOc1ccc(OC(=O)c2ccc(CCc3ccc(CCCC[Si](C)(C)CCC[Si](C)(C)C)cc3)cc2)cc1. The molecule has 3 rings (SSSR count). The highest BCUT2D eigenvalue weighted by atomic mass is 28.3. The van der Waals surface area contributed by atoms with Gasteiger partial charge in [-0.25, -0.2) is 4.79 Å². The van der Waals surface area contributed by atoms with Crippen LogP contribution in [0, 0.1) is 0 Å². The molecule has 0 radical (unpaired) electrons. The van der Waals surface area contributed by atoms with Crippen molar-refractivity contribution in [1.29, 1.82) is 0 Å². The molecule has 0 spiro atoms. The van der Waals surface area contributed by atoms with Gasteiger partial charge in [0, 0.05) is 16.1 Å². The fraction of sp³-hybridized carbons (Fsp3) is 0.537. The number of hydrogen-bond donors (Lipinski definition) is 0. The molecule has 0 aliphatic carbocycles. The van der Waals surface area contributed by atoms with Crippen molar-refractivity contribution in [3.05, 3.63) is 95.1 Å². The standard InChI is InChI=1S/C41H62O3Si2/c1-7-8-9-10-11-13-31-43-39-27-29-40(30-28-39)44-41(42)38-25-23-37(24-26-38)22-21-36-19-17-35(18-20-36)16-12-14-33-46(5,6)34-15-32-45(2,3)4/h17-20,23-30H,7-16,21-22,31-34H2,1-6H3. The van der Waals surface area contributed by atoms with Gasteiger partial charge in [0.2, 0.25) is 0 Å². The Kier molecular flexibility index (Phi) is 16.4. The van der Waals surface area contributed by atoms with Crippen LogP contribution in [-0.2, 0) is 19.3 Å². The summed E-state index contributed by atoms with van der Waals surface area (Å²) in [5.41, 5.74) is 4.61. The van der Waals surface area contributed by atoms with E-state index in [0.29, 0.717) is 11.3 Å². The quantitative estimate of drug-likeness (QED) is 0.0466. The van der Waals surface area contributed by atoms with Crippen molar-refractivity contribution in [3.8, 4) is 11.5 Å². The van der Waals surface area contributed by atoms with Gasteiger partial charge in [0.15, 0.2) is 0 Å². The van der Waals surface area contributed by atoms with Crippen molar-refractivity contribution in [2.45, 2.75) is 135 Å². The number of esters is 1. The van der Waals surface area contributed by atoms with Crippen LogP contribution in [0.4, 0.5) is 0 Å². The molecule has 0 aliphatic rings. The van der Waals surface area contributed by atoms with Crippen LogP contribution in [0.1, 0.15) is 91.8 Å². The molecule has 0 unspecified atom stereocenters. The van der Waals surface area contributed by atoms with Crippen LogP contribution < -0.4 is 9.47 Å². The Balaban J connectivity index is 1.33. The topological polar surface area (TPSA) is 35.5 Å². The predicted molar refractivity (Wildman–Crippen MR) is 203 cm³/mol. The Bertz CT molecular complexity index is 1260. The maximum absolute atomic E-state index is 12.7. The minimum atomic E-state index is -1.04. The molecule has 3 aromatic rings. The summed E-state index contributed by atoms with van der Waals surface area (Å²) in [6.07, 6.45) is 14.7. The number of carbonyl (C=O) groups excluding carboxylic acids is 1. The lowest BCUT2D eigenvalue weighted by Crippen LogP contribution is -2.26. The highest BCUT2D eigenvalue weighted by molar-refractivity contribution is 6.78. The van der Waals surface area contributed by atoms with Crippen molar-refractivity contribution in [3.63, 3.8) is 0 Å². The van der Waals surface area contributed by atoms with Crippen molar-refractivity contribution in [1.82, 2.24) is 0 Å². The van der Waals surface area contributed by atoms with E-state index in [9.17, 15) is 4.79 Å². The minimum Gasteiger partial charge on any atom is -0.494 e. The van der Waals surface area contributed by atoms with E-state index in [1.165, 1.54) is 92.6 Å². The van der Waals surface area contributed by atoms with Gasteiger partial charge >= 0.3 is 5.97 Å². The Hall–Kier alpha value is -2.64. The van der Waals surface area contributed by atoms with Gasteiger partial charge in [0.25, 0.3) is 0 Å². The van der Waals surface area contributed by atoms with E-state index in [1.807, 2.05) is 36.4 Å². The minimum absolute atomic E-state index is 0.337. The van der Waals surface area contributed by atoms with Gasteiger partial charge in [-0.3, -0.25) is 0 Å². The maximum Gasteiger partial charge on any atom is 0.343 e. The van der Waals surface area contributed by atoms with Crippen LogP contribution in [0.25, 0.3) is 0 Å². The third-order valence-corrected chi connectivity index (χ3v) is 14.3. The molecule has 0 aromatic heterocycles. The average molecular weight is 659 g/mol. The number of aryl methyl sites for hydroxylation is 3. The zero-order valence-electron chi connectivity index (χ0n) is 30.0. The first-order valence-electron chi connectivity index (χ1n) is 18.1. The molecule has 0 heterocycles. The maximum atomic E-state index is 12.7. The van der Waals surface area contributed by atoms with E-state index in [-0.39, 0.29) is 5.97 Å². The number of ether oxygens (including phenoxy) is 2. The van der Waals surface area contributed by atoms with Gasteiger partial charge < -0.3 is 9.47 Å². The summed E-state index contributed by atoms with van der Waals surface area (Å²) >= 11 is 0. The molecule has 0 bridgehead atoms. The molecule has 0 atom stereocenters. The van der Waals surface area contributed by atoms with Gasteiger partial charge in [-0.05, 0) is 85.2 Å². The number of unbranched alkanes of at least 4 members (excludes halogenated alkanes) is 6. The molecule has 0 saturated heterocycles.